The maximum atomic E-state index is 14.5. The first kappa shape index (κ1) is 24.8. The highest BCUT2D eigenvalue weighted by Gasteiger charge is 2.30. The largest absolute Gasteiger partial charge is 0.416 e. The summed E-state index contributed by atoms with van der Waals surface area (Å²) < 4.78 is 58.9. The van der Waals surface area contributed by atoms with Gasteiger partial charge in [-0.1, -0.05) is 31.5 Å². The number of alkyl halides is 3. The number of ether oxygens (including phenoxy) is 1. The number of hydrazine groups is 1. The molecule has 1 amide bonds. The minimum absolute atomic E-state index is 0.197. The molecule has 10 heteroatoms. The molecule has 0 saturated heterocycles. The van der Waals surface area contributed by atoms with Crippen LogP contribution in [0.5, 0.6) is 0 Å². The Morgan fingerprint density at radius 3 is 2.45 bits per heavy atom. The van der Waals surface area contributed by atoms with Gasteiger partial charge < -0.3 is 4.74 Å². The Morgan fingerprint density at radius 2 is 1.91 bits per heavy atom. The first-order valence-electron chi connectivity index (χ1n) is 10.2. The average molecular weight is 482 g/mol. The minimum atomic E-state index is -4.42. The predicted molar refractivity (Wildman–Crippen MR) is 118 cm³/mol. The van der Waals surface area contributed by atoms with Crippen LogP contribution >= 0.6 is 11.3 Å². The Kier molecular flexibility index (Phi) is 7.83. The molecule has 5 nitrogen and oxygen atoms in total. The number of aromatic nitrogens is 1. The fraction of sp³-hybridized carbons (Fsp3) is 0.304. The van der Waals surface area contributed by atoms with E-state index in [1.54, 1.807) is 6.07 Å². The molecule has 0 aliphatic rings. The van der Waals surface area contributed by atoms with Crippen molar-refractivity contribution in [2.75, 3.05) is 7.11 Å². The van der Waals surface area contributed by atoms with E-state index in [1.807, 2.05) is 12.3 Å². The molecular weight excluding hydrogens is 458 g/mol. The van der Waals surface area contributed by atoms with Gasteiger partial charge in [-0.2, -0.15) is 13.2 Å². The number of benzene rings is 2. The van der Waals surface area contributed by atoms with E-state index < -0.39 is 29.6 Å². The van der Waals surface area contributed by atoms with E-state index in [2.05, 4.69) is 4.98 Å². The second-order valence-corrected chi connectivity index (χ2v) is 8.37. The van der Waals surface area contributed by atoms with Crippen molar-refractivity contribution in [2.24, 2.45) is 5.84 Å². The molecule has 3 N–H and O–H groups in total. The van der Waals surface area contributed by atoms with Crippen molar-refractivity contribution in [3.63, 3.8) is 0 Å². The van der Waals surface area contributed by atoms with Crippen LogP contribution in [0.4, 0.5) is 17.6 Å². The molecule has 1 unspecified atom stereocenters. The number of hydrogen-bond acceptors (Lipinski definition) is 5. The van der Waals surface area contributed by atoms with Gasteiger partial charge in [0.15, 0.2) is 0 Å². The van der Waals surface area contributed by atoms with Gasteiger partial charge in [0.05, 0.1) is 21.7 Å². The van der Waals surface area contributed by atoms with E-state index >= 15 is 0 Å². The van der Waals surface area contributed by atoms with Crippen molar-refractivity contribution >= 4 is 17.2 Å². The summed E-state index contributed by atoms with van der Waals surface area (Å²) in [6.45, 7) is 2.03. The molecule has 1 heterocycles. The van der Waals surface area contributed by atoms with Crippen LogP contribution in [0.15, 0.2) is 42.5 Å². The fourth-order valence-electron chi connectivity index (χ4n) is 3.37. The minimum Gasteiger partial charge on any atom is -0.371 e. The van der Waals surface area contributed by atoms with Crippen molar-refractivity contribution in [3.05, 3.63) is 75.5 Å². The number of aryl methyl sites for hydroxylation is 1. The lowest BCUT2D eigenvalue weighted by molar-refractivity contribution is -0.137. The number of carbonyl (C=O) groups is 1. The van der Waals surface area contributed by atoms with E-state index in [4.69, 9.17) is 10.6 Å². The standard InChI is InChI=1S/C23H23F4N3O2S/c1-3-4-5-18-20(19(32-2)14-8-11-16(17(24)12-14)21(31)30-28)33-22(29-18)13-6-9-15(10-7-13)23(25,26)27/h6-12,19H,3-5,28H2,1-2H3,(H,30,31). The number of amides is 1. The molecule has 0 saturated carbocycles. The Hall–Kier alpha value is -2.82. The molecule has 3 rings (SSSR count). The van der Waals surface area contributed by atoms with Crippen molar-refractivity contribution in [2.45, 2.75) is 38.5 Å². The lowest BCUT2D eigenvalue weighted by Gasteiger charge is -2.16. The van der Waals surface area contributed by atoms with E-state index in [9.17, 15) is 22.4 Å². The normalized spacial score (nSPS) is 12.6. The number of halogens is 4. The quantitative estimate of drug-likeness (QED) is 0.189. The number of methoxy groups -OCH3 is 1. The number of nitrogen functional groups attached to an aromatic ring is 1. The molecule has 3 aromatic rings. The van der Waals surface area contributed by atoms with Crippen LogP contribution in [0, 0.1) is 5.82 Å². The molecule has 0 aliphatic carbocycles. The Balaban J connectivity index is 2.02. The van der Waals surface area contributed by atoms with Gasteiger partial charge in [-0.25, -0.2) is 15.2 Å². The first-order valence-corrected chi connectivity index (χ1v) is 11.0. The summed E-state index contributed by atoms with van der Waals surface area (Å²) in [6.07, 6.45) is -2.68. The van der Waals surface area contributed by atoms with Gasteiger partial charge in [0, 0.05) is 12.7 Å². The molecule has 0 fully saturated rings. The van der Waals surface area contributed by atoms with Crippen LogP contribution in [0.2, 0.25) is 0 Å². The highest BCUT2D eigenvalue weighted by atomic mass is 32.1. The summed E-state index contributed by atoms with van der Waals surface area (Å²) in [5, 5.41) is 0.548. The third-order valence-corrected chi connectivity index (χ3v) is 6.29. The van der Waals surface area contributed by atoms with E-state index in [-0.39, 0.29) is 5.56 Å². The zero-order valence-corrected chi connectivity index (χ0v) is 18.8. The van der Waals surface area contributed by atoms with Gasteiger partial charge in [0.25, 0.3) is 5.91 Å². The number of nitrogens with zero attached hydrogens (tertiary/aromatic N) is 1. The number of nitrogens with two attached hydrogens (primary N) is 1. The fourth-order valence-corrected chi connectivity index (χ4v) is 4.59. The predicted octanol–water partition coefficient (Wildman–Crippen LogP) is 5.65. The Bertz CT molecular complexity index is 1110. The number of hydrogen-bond donors (Lipinski definition) is 2. The Morgan fingerprint density at radius 1 is 1.21 bits per heavy atom. The van der Waals surface area contributed by atoms with Crippen LogP contribution < -0.4 is 11.3 Å². The van der Waals surface area contributed by atoms with Gasteiger partial charge in [-0.05, 0) is 42.7 Å². The summed E-state index contributed by atoms with van der Waals surface area (Å²) >= 11 is 1.29. The van der Waals surface area contributed by atoms with Gasteiger partial charge in [-0.15, -0.1) is 11.3 Å². The second kappa shape index (κ2) is 10.4. The van der Waals surface area contributed by atoms with Crippen LogP contribution in [-0.2, 0) is 17.3 Å². The summed E-state index contributed by atoms with van der Waals surface area (Å²) in [4.78, 5) is 17.1. The van der Waals surface area contributed by atoms with Crippen molar-refractivity contribution in [1.82, 2.24) is 10.4 Å². The molecular formula is C23H23F4N3O2S. The van der Waals surface area contributed by atoms with Crippen LogP contribution in [0.3, 0.4) is 0 Å². The lowest BCUT2D eigenvalue weighted by atomic mass is 10.0. The van der Waals surface area contributed by atoms with Crippen molar-refractivity contribution < 1.29 is 27.1 Å². The monoisotopic (exact) mass is 481 g/mol. The van der Waals surface area contributed by atoms with Crippen LogP contribution in [0.1, 0.15) is 57.9 Å². The highest BCUT2D eigenvalue weighted by Crippen LogP contribution is 2.39. The lowest BCUT2D eigenvalue weighted by Crippen LogP contribution is -2.30. The summed E-state index contributed by atoms with van der Waals surface area (Å²) in [6, 6.07) is 8.91. The molecule has 1 atom stereocenters. The maximum absolute atomic E-state index is 14.5. The third kappa shape index (κ3) is 5.58. The van der Waals surface area contributed by atoms with Crippen LogP contribution in [-0.4, -0.2) is 18.0 Å². The molecule has 1 aromatic heterocycles. The summed E-state index contributed by atoms with van der Waals surface area (Å²) in [5.41, 5.74) is 2.73. The number of thiazole rings is 1. The smallest absolute Gasteiger partial charge is 0.371 e. The van der Waals surface area contributed by atoms with E-state index in [0.29, 0.717) is 22.6 Å². The number of unbranched alkanes of at least 4 members (excludes halogenated alkanes) is 1. The number of nitrogens with one attached hydrogen (secondary N) is 1. The van der Waals surface area contributed by atoms with Gasteiger partial charge >= 0.3 is 6.18 Å². The molecule has 0 bridgehead atoms. The Labute approximate surface area is 192 Å². The molecule has 0 radical (unpaired) electrons. The van der Waals surface area contributed by atoms with Crippen molar-refractivity contribution in [3.8, 4) is 10.6 Å². The maximum Gasteiger partial charge on any atom is 0.416 e. The van der Waals surface area contributed by atoms with E-state index in [0.717, 1.165) is 35.5 Å². The van der Waals surface area contributed by atoms with Gasteiger partial charge in [0.2, 0.25) is 0 Å². The first-order chi connectivity index (χ1) is 15.7. The van der Waals surface area contributed by atoms with Crippen LogP contribution in [0.25, 0.3) is 10.6 Å². The third-order valence-electron chi connectivity index (χ3n) is 5.10. The zero-order valence-electron chi connectivity index (χ0n) is 18.0. The number of carbonyl (C=O) groups excluding carboxylic acids is 1. The van der Waals surface area contributed by atoms with Gasteiger partial charge in [0.1, 0.15) is 16.9 Å². The number of rotatable bonds is 8. The summed E-state index contributed by atoms with van der Waals surface area (Å²) in [7, 11) is 1.48. The van der Waals surface area contributed by atoms with E-state index in [1.165, 1.54) is 42.7 Å². The molecule has 0 aliphatic heterocycles. The zero-order chi connectivity index (χ0) is 24.2. The topological polar surface area (TPSA) is 77.2 Å². The molecule has 0 spiro atoms. The molecule has 176 valence electrons. The highest BCUT2D eigenvalue weighted by molar-refractivity contribution is 7.15. The molecule has 33 heavy (non-hydrogen) atoms. The second-order valence-electron chi connectivity index (χ2n) is 7.34. The van der Waals surface area contributed by atoms with Crippen molar-refractivity contribution in [1.29, 1.82) is 0 Å². The molecule has 2 aromatic carbocycles. The summed E-state index contributed by atoms with van der Waals surface area (Å²) in [5.74, 6) is 3.58. The average Bonchev–Trinajstić information content (AvgIpc) is 3.21. The van der Waals surface area contributed by atoms with Gasteiger partial charge in [-0.3, -0.25) is 10.2 Å². The SMILES string of the molecule is CCCCc1nc(-c2ccc(C(F)(F)F)cc2)sc1C(OC)c1ccc(C(=O)NN)c(F)c1.